The summed E-state index contributed by atoms with van der Waals surface area (Å²) in [6.07, 6.45) is 0.780. The van der Waals surface area contributed by atoms with Gasteiger partial charge in [0, 0.05) is 6.42 Å². The third-order valence-electron chi connectivity index (χ3n) is 3.18. The van der Waals surface area contributed by atoms with Gasteiger partial charge in [-0.2, -0.15) is 0 Å². The molecule has 0 fully saturated rings. The van der Waals surface area contributed by atoms with E-state index in [-0.39, 0.29) is 0 Å². The fourth-order valence-corrected chi connectivity index (χ4v) is 2.59. The maximum atomic E-state index is 6.27. The molecule has 0 heterocycles. The van der Waals surface area contributed by atoms with E-state index in [0.717, 1.165) is 21.3 Å². The number of rotatable bonds is 5. The van der Waals surface area contributed by atoms with E-state index in [1.165, 1.54) is 0 Å². The van der Waals surface area contributed by atoms with Gasteiger partial charge in [-0.15, -0.1) is 0 Å². The molecule has 2 aromatic rings. The lowest BCUT2D eigenvalue weighted by Gasteiger charge is -2.31. The molecule has 2 N–H and O–H groups in total. The third kappa shape index (κ3) is 3.48. The van der Waals surface area contributed by atoms with Crippen LogP contribution in [-0.2, 0) is 5.60 Å². The normalized spacial score (nSPS) is 13.8. The predicted molar refractivity (Wildman–Crippen MR) is 87.3 cm³/mol. The van der Waals surface area contributed by atoms with Crippen LogP contribution in [0.4, 0.5) is 0 Å². The molecular formula is C16H18INO. The van der Waals surface area contributed by atoms with Gasteiger partial charge in [0.25, 0.3) is 0 Å². The number of benzene rings is 2. The SMILES string of the molecule is CC(CCN)(Oc1ccccc1I)c1ccccc1. The summed E-state index contributed by atoms with van der Waals surface area (Å²) in [7, 11) is 0. The van der Waals surface area contributed by atoms with Gasteiger partial charge >= 0.3 is 0 Å². The van der Waals surface area contributed by atoms with Gasteiger partial charge in [0.05, 0.1) is 3.57 Å². The number of hydrogen-bond acceptors (Lipinski definition) is 2. The highest BCUT2D eigenvalue weighted by Gasteiger charge is 2.28. The fourth-order valence-electron chi connectivity index (χ4n) is 2.09. The Kier molecular flexibility index (Phi) is 4.82. The first-order valence-corrected chi connectivity index (χ1v) is 7.43. The maximum absolute atomic E-state index is 6.27. The van der Waals surface area contributed by atoms with Crippen LogP contribution in [0, 0.1) is 3.57 Å². The molecule has 0 saturated heterocycles. The molecule has 2 aromatic carbocycles. The number of ether oxygens (including phenoxy) is 1. The van der Waals surface area contributed by atoms with Crippen molar-refractivity contribution in [2.24, 2.45) is 5.73 Å². The van der Waals surface area contributed by atoms with Crippen molar-refractivity contribution in [1.29, 1.82) is 0 Å². The molecule has 2 rings (SSSR count). The van der Waals surface area contributed by atoms with Crippen molar-refractivity contribution in [1.82, 2.24) is 0 Å². The quantitative estimate of drug-likeness (QED) is 0.813. The molecule has 0 aromatic heterocycles. The molecule has 3 heteroatoms. The van der Waals surface area contributed by atoms with E-state index in [1.54, 1.807) is 0 Å². The summed E-state index contributed by atoms with van der Waals surface area (Å²) in [6, 6.07) is 18.3. The van der Waals surface area contributed by atoms with E-state index in [0.29, 0.717) is 6.54 Å². The smallest absolute Gasteiger partial charge is 0.133 e. The van der Waals surface area contributed by atoms with Crippen molar-refractivity contribution in [3.63, 3.8) is 0 Å². The first-order valence-electron chi connectivity index (χ1n) is 6.35. The minimum Gasteiger partial charge on any atom is -0.482 e. The second-order valence-electron chi connectivity index (χ2n) is 4.67. The van der Waals surface area contributed by atoms with Crippen molar-refractivity contribution < 1.29 is 4.74 Å². The van der Waals surface area contributed by atoms with Crippen molar-refractivity contribution in [3.05, 3.63) is 63.7 Å². The van der Waals surface area contributed by atoms with Crippen LogP contribution >= 0.6 is 22.6 Å². The number of para-hydroxylation sites is 1. The molecule has 0 aliphatic carbocycles. The van der Waals surface area contributed by atoms with Crippen LogP contribution in [0.3, 0.4) is 0 Å². The van der Waals surface area contributed by atoms with E-state index >= 15 is 0 Å². The van der Waals surface area contributed by atoms with Gasteiger partial charge in [-0.3, -0.25) is 0 Å². The molecule has 0 saturated carbocycles. The molecule has 2 nitrogen and oxygen atoms in total. The average Bonchev–Trinajstić information content (AvgIpc) is 2.43. The molecule has 0 bridgehead atoms. The third-order valence-corrected chi connectivity index (χ3v) is 4.07. The Balaban J connectivity index is 2.33. The standard InChI is InChI=1S/C16H18INO/c1-16(11-12-18,13-7-3-2-4-8-13)19-15-10-6-5-9-14(15)17/h2-10H,11-12,18H2,1H3. The topological polar surface area (TPSA) is 35.2 Å². The van der Waals surface area contributed by atoms with E-state index in [2.05, 4.69) is 41.6 Å². The lowest BCUT2D eigenvalue weighted by molar-refractivity contribution is 0.0786. The molecule has 1 unspecified atom stereocenters. The lowest BCUT2D eigenvalue weighted by Crippen LogP contribution is -2.32. The Bertz CT molecular complexity index is 529. The van der Waals surface area contributed by atoms with Gasteiger partial charge in [0.15, 0.2) is 0 Å². The predicted octanol–water partition coefficient (Wildman–Crippen LogP) is 3.93. The molecule has 1 atom stereocenters. The van der Waals surface area contributed by atoms with Gasteiger partial charge < -0.3 is 10.5 Å². The average molecular weight is 367 g/mol. The van der Waals surface area contributed by atoms with Gasteiger partial charge in [0.2, 0.25) is 0 Å². The van der Waals surface area contributed by atoms with E-state index in [4.69, 9.17) is 10.5 Å². The number of nitrogens with two attached hydrogens (primary N) is 1. The largest absolute Gasteiger partial charge is 0.482 e. The Morgan fingerprint density at radius 1 is 1.05 bits per heavy atom. The first kappa shape index (κ1) is 14.3. The van der Waals surface area contributed by atoms with Crippen molar-refractivity contribution in [2.75, 3.05) is 6.54 Å². The second-order valence-corrected chi connectivity index (χ2v) is 5.83. The van der Waals surface area contributed by atoms with E-state index in [9.17, 15) is 0 Å². The number of halogens is 1. The monoisotopic (exact) mass is 367 g/mol. The lowest BCUT2D eigenvalue weighted by atomic mass is 9.92. The maximum Gasteiger partial charge on any atom is 0.133 e. The molecule has 0 amide bonds. The molecular weight excluding hydrogens is 349 g/mol. The van der Waals surface area contributed by atoms with Crippen LogP contribution in [0.5, 0.6) is 5.75 Å². The van der Waals surface area contributed by atoms with Crippen LogP contribution < -0.4 is 10.5 Å². The molecule has 0 spiro atoms. The van der Waals surface area contributed by atoms with E-state index < -0.39 is 5.60 Å². The van der Waals surface area contributed by atoms with E-state index in [1.807, 2.05) is 42.5 Å². The number of hydrogen-bond donors (Lipinski definition) is 1. The van der Waals surface area contributed by atoms with Crippen LogP contribution in [0.15, 0.2) is 54.6 Å². The summed E-state index contributed by atoms with van der Waals surface area (Å²) in [5, 5.41) is 0. The van der Waals surface area contributed by atoms with Crippen molar-refractivity contribution in [2.45, 2.75) is 18.9 Å². The second kappa shape index (κ2) is 6.39. The Morgan fingerprint density at radius 3 is 2.32 bits per heavy atom. The molecule has 0 aliphatic rings. The first-order chi connectivity index (χ1) is 9.15. The summed E-state index contributed by atoms with van der Waals surface area (Å²) >= 11 is 2.29. The summed E-state index contributed by atoms with van der Waals surface area (Å²) in [4.78, 5) is 0. The molecule has 100 valence electrons. The van der Waals surface area contributed by atoms with Gasteiger partial charge in [-0.25, -0.2) is 0 Å². The van der Waals surface area contributed by atoms with Crippen molar-refractivity contribution in [3.8, 4) is 5.75 Å². The molecule has 19 heavy (non-hydrogen) atoms. The van der Waals surface area contributed by atoms with Crippen LogP contribution in [-0.4, -0.2) is 6.54 Å². The summed E-state index contributed by atoms with van der Waals surface area (Å²) < 4.78 is 7.38. The Morgan fingerprint density at radius 2 is 1.68 bits per heavy atom. The highest BCUT2D eigenvalue weighted by molar-refractivity contribution is 14.1. The molecule has 0 radical (unpaired) electrons. The van der Waals surface area contributed by atoms with Gasteiger partial charge in [-0.05, 0) is 53.8 Å². The van der Waals surface area contributed by atoms with Crippen LogP contribution in [0.25, 0.3) is 0 Å². The zero-order chi connectivity index (χ0) is 13.7. The molecule has 0 aliphatic heterocycles. The van der Waals surface area contributed by atoms with Crippen LogP contribution in [0.2, 0.25) is 0 Å². The highest BCUT2D eigenvalue weighted by Crippen LogP contribution is 2.33. The summed E-state index contributed by atoms with van der Waals surface area (Å²) in [6.45, 7) is 2.69. The zero-order valence-corrected chi connectivity index (χ0v) is 13.1. The Labute approximate surface area is 128 Å². The summed E-state index contributed by atoms with van der Waals surface area (Å²) in [5.41, 5.74) is 6.52. The Hall–Kier alpha value is -1.07. The van der Waals surface area contributed by atoms with Gasteiger partial charge in [0.1, 0.15) is 11.4 Å². The van der Waals surface area contributed by atoms with Gasteiger partial charge in [-0.1, -0.05) is 42.5 Å². The highest BCUT2D eigenvalue weighted by atomic mass is 127. The zero-order valence-electron chi connectivity index (χ0n) is 11.0. The summed E-state index contributed by atoms with van der Waals surface area (Å²) in [5.74, 6) is 0.905. The minimum atomic E-state index is -0.392. The van der Waals surface area contributed by atoms with Crippen LogP contribution in [0.1, 0.15) is 18.9 Å². The minimum absolute atomic E-state index is 0.392. The fraction of sp³-hybridized carbons (Fsp3) is 0.250. The van der Waals surface area contributed by atoms with Crippen molar-refractivity contribution >= 4 is 22.6 Å².